The fourth-order valence-electron chi connectivity index (χ4n) is 8.07. The van der Waals surface area contributed by atoms with Crippen molar-refractivity contribution in [3.8, 4) is 17.2 Å². The fourth-order valence-corrected chi connectivity index (χ4v) is 11.6. The summed E-state index contributed by atoms with van der Waals surface area (Å²) in [7, 11) is 0. The van der Waals surface area contributed by atoms with Crippen LogP contribution in [0.2, 0.25) is 0 Å². The Bertz CT molecular complexity index is 3400. The summed E-state index contributed by atoms with van der Waals surface area (Å²) in [4.78, 5) is 11.1. The molecule has 12 aromatic rings. The van der Waals surface area contributed by atoms with Crippen molar-refractivity contribution in [3.63, 3.8) is 0 Å². The number of hydrogen-bond acceptors (Lipinski definition) is 5. The highest BCUT2D eigenvalue weighted by Crippen LogP contribution is 2.48. The van der Waals surface area contributed by atoms with E-state index in [1.165, 1.54) is 66.6 Å². The maximum absolute atomic E-state index is 5.59. The summed E-state index contributed by atoms with van der Waals surface area (Å²) in [5.74, 6) is 0.696. The second-order valence-electron chi connectivity index (χ2n) is 12.9. The SMILES string of the molecule is c1ccc2c(c1)sc1ccc(-c3nc(-n4c5ccccc5c5c6c7ccccc7sc6c6ccccc6c54)nc4c3sc3ccccc34)cc12. The Kier molecular flexibility index (Phi) is 5.42. The second-order valence-corrected chi connectivity index (χ2v) is 16.1. The molecule has 0 atom stereocenters. The van der Waals surface area contributed by atoms with Gasteiger partial charge in [-0.05, 0) is 36.4 Å². The van der Waals surface area contributed by atoms with Crippen LogP contribution in [0.15, 0.2) is 140 Å². The Morgan fingerprint density at radius 2 is 1.02 bits per heavy atom. The molecule has 0 aliphatic carbocycles. The van der Waals surface area contributed by atoms with Crippen molar-refractivity contribution < 1.29 is 0 Å². The summed E-state index contributed by atoms with van der Waals surface area (Å²) in [6.07, 6.45) is 0. The van der Waals surface area contributed by atoms with Crippen molar-refractivity contribution >= 4 is 127 Å². The van der Waals surface area contributed by atoms with Crippen LogP contribution in [0, 0.1) is 0 Å². The summed E-state index contributed by atoms with van der Waals surface area (Å²) in [6.45, 7) is 0. The molecule has 0 spiro atoms. The van der Waals surface area contributed by atoms with E-state index in [0.29, 0.717) is 5.95 Å². The highest BCUT2D eigenvalue weighted by molar-refractivity contribution is 7.27. The van der Waals surface area contributed by atoms with Gasteiger partial charge in [-0.2, -0.15) is 0 Å². The van der Waals surface area contributed by atoms with Crippen LogP contribution in [0.25, 0.3) is 110 Å². The molecule has 0 bridgehead atoms. The number of hydrogen-bond donors (Lipinski definition) is 0. The zero-order chi connectivity index (χ0) is 32.5. The van der Waals surface area contributed by atoms with E-state index in [1.54, 1.807) is 11.3 Å². The Balaban J connectivity index is 1.27. The van der Waals surface area contributed by atoms with E-state index < -0.39 is 0 Å². The van der Waals surface area contributed by atoms with Gasteiger partial charge in [0.1, 0.15) is 0 Å². The quantitative estimate of drug-likeness (QED) is 0.181. The molecule has 0 amide bonds. The minimum Gasteiger partial charge on any atom is -0.277 e. The summed E-state index contributed by atoms with van der Waals surface area (Å²) in [5.41, 5.74) is 5.35. The average molecular weight is 690 g/mol. The lowest BCUT2D eigenvalue weighted by Crippen LogP contribution is -2.03. The van der Waals surface area contributed by atoms with Crippen molar-refractivity contribution in [1.82, 2.24) is 14.5 Å². The van der Waals surface area contributed by atoms with Gasteiger partial charge in [-0.15, -0.1) is 34.0 Å². The normalized spacial score (nSPS) is 12.4. The van der Waals surface area contributed by atoms with E-state index >= 15 is 0 Å². The zero-order valence-electron chi connectivity index (χ0n) is 26.3. The highest BCUT2D eigenvalue weighted by atomic mass is 32.1. The molecule has 0 saturated carbocycles. The van der Waals surface area contributed by atoms with Gasteiger partial charge in [0, 0.05) is 77.5 Å². The lowest BCUT2D eigenvalue weighted by atomic mass is 10.00. The van der Waals surface area contributed by atoms with E-state index in [1.807, 2.05) is 22.7 Å². The van der Waals surface area contributed by atoms with Gasteiger partial charge < -0.3 is 0 Å². The number of nitrogens with zero attached hydrogens (tertiary/aromatic N) is 3. The lowest BCUT2D eigenvalue weighted by Gasteiger charge is -2.12. The molecule has 5 aromatic heterocycles. The second kappa shape index (κ2) is 9.96. The first kappa shape index (κ1) is 27.2. The molecule has 0 radical (unpaired) electrons. The molecule has 6 heteroatoms. The molecule has 5 heterocycles. The number of rotatable bonds is 2. The maximum atomic E-state index is 5.59. The Morgan fingerprint density at radius 1 is 0.420 bits per heavy atom. The standard InChI is InChI=1S/C44H23N3S3/c1-2-13-27-26(12-1)41-37(38-29-15-5-9-19-34(29)49-42(27)38)28-14-3-7-17-32(28)47(41)44-45-39(43-40(46-44)30-16-6-10-20-35(30)50-43)24-21-22-36-31(23-24)25-11-4-8-18-33(25)48-36/h1-23H. The van der Waals surface area contributed by atoms with Gasteiger partial charge in [0.25, 0.3) is 0 Å². The molecule has 12 rings (SSSR count). The van der Waals surface area contributed by atoms with Crippen molar-refractivity contribution in [2.75, 3.05) is 0 Å². The third-order valence-electron chi connectivity index (χ3n) is 10.2. The van der Waals surface area contributed by atoms with Crippen LogP contribution in [0.3, 0.4) is 0 Å². The predicted octanol–water partition coefficient (Wildman–Crippen LogP) is 13.5. The molecule has 3 nitrogen and oxygen atoms in total. The molecule has 0 N–H and O–H groups in total. The van der Waals surface area contributed by atoms with Crippen LogP contribution >= 0.6 is 34.0 Å². The molecule has 0 aliphatic heterocycles. The van der Waals surface area contributed by atoms with Crippen molar-refractivity contribution in [3.05, 3.63) is 140 Å². The maximum Gasteiger partial charge on any atom is 0.235 e. The van der Waals surface area contributed by atoms with Crippen molar-refractivity contribution in [1.29, 1.82) is 0 Å². The first-order valence-corrected chi connectivity index (χ1v) is 19.1. The first-order chi connectivity index (χ1) is 24.8. The number of para-hydroxylation sites is 1. The predicted molar refractivity (Wildman–Crippen MR) is 218 cm³/mol. The van der Waals surface area contributed by atoms with E-state index in [9.17, 15) is 0 Å². The molecule has 0 aliphatic rings. The van der Waals surface area contributed by atoms with Crippen LogP contribution < -0.4 is 0 Å². The van der Waals surface area contributed by atoms with Gasteiger partial charge in [-0.3, -0.25) is 4.57 Å². The van der Waals surface area contributed by atoms with Crippen molar-refractivity contribution in [2.45, 2.75) is 0 Å². The monoisotopic (exact) mass is 689 g/mol. The Morgan fingerprint density at radius 3 is 1.84 bits per heavy atom. The first-order valence-electron chi connectivity index (χ1n) is 16.7. The zero-order valence-corrected chi connectivity index (χ0v) is 28.8. The molecule has 7 aromatic carbocycles. The number of fused-ring (bicyclic) bond motifs is 16. The molecular weight excluding hydrogens is 667 g/mol. The minimum absolute atomic E-state index is 0.696. The van der Waals surface area contributed by atoms with Gasteiger partial charge in [0.05, 0.1) is 26.9 Å². The molecule has 0 fully saturated rings. The fraction of sp³-hybridized carbons (Fsp3) is 0. The van der Waals surface area contributed by atoms with Gasteiger partial charge >= 0.3 is 0 Å². The summed E-state index contributed by atoms with van der Waals surface area (Å²) in [6, 6.07) is 50.7. The molecule has 232 valence electrons. The van der Waals surface area contributed by atoms with E-state index in [4.69, 9.17) is 9.97 Å². The van der Waals surface area contributed by atoms with Crippen LogP contribution in [0.4, 0.5) is 0 Å². The van der Waals surface area contributed by atoms with Gasteiger partial charge in [-0.1, -0.05) is 103 Å². The van der Waals surface area contributed by atoms with Gasteiger partial charge in [0.15, 0.2) is 0 Å². The smallest absolute Gasteiger partial charge is 0.235 e. The average Bonchev–Trinajstić information content (AvgIpc) is 3.93. The van der Waals surface area contributed by atoms with Crippen LogP contribution in [-0.2, 0) is 0 Å². The lowest BCUT2D eigenvalue weighted by molar-refractivity contribution is 1.02. The van der Waals surface area contributed by atoms with E-state index in [2.05, 4.69) is 144 Å². The number of thiophene rings is 3. The van der Waals surface area contributed by atoms with E-state index in [0.717, 1.165) is 37.9 Å². The largest absolute Gasteiger partial charge is 0.277 e. The van der Waals surface area contributed by atoms with E-state index in [-0.39, 0.29) is 0 Å². The van der Waals surface area contributed by atoms with Gasteiger partial charge in [-0.25, -0.2) is 9.97 Å². The third-order valence-corrected chi connectivity index (χ3v) is 13.7. The van der Waals surface area contributed by atoms with Crippen LogP contribution in [0.5, 0.6) is 0 Å². The molecule has 0 saturated heterocycles. The summed E-state index contributed by atoms with van der Waals surface area (Å²) in [5, 5.41) is 11.3. The molecule has 50 heavy (non-hydrogen) atoms. The summed E-state index contributed by atoms with van der Waals surface area (Å²) < 4.78 is 9.90. The van der Waals surface area contributed by atoms with Crippen LogP contribution in [-0.4, -0.2) is 14.5 Å². The Hall–Kier alpha value is -5.66. The molecular formula is C44H23N3S3. The number of aromatic nitrogens is 3. The summed E-state index contributed by atoms with van der Waals surface area (Å²) >= 11 is 5.52. The molecule has 0 unspecified atom stereocenters. The minimum atomic E-state index is 0.696. The highest BCUT2D eigenvalue weighted by Gasteiger charge is 2.24. The topological polar surface area (TPSA) is 30.7 Å². The third kappa shape index (κ3) is 3.57. The Labute approximate surface area is 296 Å². The van der Waals surface area contributed by atoms with Gasteiger partial charge in [0.2, 0.25) is 5.95 Å². The van der Waals surface area contributed by atoms with Crippen molar-refractivity contribution in [2.24, 2.45) is 0 Å². The number of benzene rings is 7. The van der Waals surface area contributed by atoms with Crippen LogP contribution in [0.1, 0.15) is 0 Å².